The molecule has 1 heterocycles. The number of rotatable bonds is 0. The van der Waals surface area contributed by atoms with Crippen LogP contribution in [0.3, 0.4) is 0 Å². The lowest BCUT2D eigenvalue weighted by Crippen LogP contribution is -1.96. The molecule has 1 aliphatic rings. The third-order valence-electron chi connectivity index (χ3n) is 0.520. The summed E-state index contributed by atoms with van der Waals surface area (Å²) in [7, 11) is 0. The van der Waals surface area contributed by atoms with Crippen LogP contribution < -0.4 is 0 Å². The molecule has 0 atom stereocenters. The van der Waals surface area contributed by atoms with Crippen LogP contribution >= 0.6 is 0 Å². The Hall–Kier alpha value is -0.640. The van der Waals surface area contributed by atoms with Gasteiger partial charge in [0.2, 0.25) is 0 Å². The highest BCUT2D eigenvalue weighted by Crippen LogP contribution is 1.88. The predicted octanol–water partition coefficient (Wildman–Crippen LogP) is -0.0933. The zero-order chi connectivity index (χ0) is 4.41. The van der Waals surface area contributed by atoms with Gasteiger partial charge < -0.3 is 0 Å². The Morgan fingerprint density at radius 1 is 1.67 bits per heavy atom. The summed E-state index contributed by atoms with van der Waals surface area (Å²) < 4.78 is 0. The van der Waals surface area contributed by atoms with E-state index in [1.807, 2.05) is 0 Å². The highest BCUT2D eigenvalue weighted by molar-refractivity contribution is 4.13. The van der Waals surface area contributed by atoms with Gasteiger partial charge in [0.15, 0.2) is 6.61 Å². The van der Waals surface area contributed by atoms with Gasteiger partial charge in [-0.15, -0.1) is 4.89 Å². The van der Waals surface area contributed by atoms with E-state index in [9.17, 15) is 0 Å². The van der Waals surface area contributed by atoms with Crippen LogP contribution in [-0.4, -0.2) is 18.0 Å². The summed E-state index contributed by atoms with van der Waals surface area (Å²) >= 11 is 0. The van der Waals surface area contributed by atoms with E-state index in [0.717, 1.165) is 4.86 Å². The minimum Gasteiger partial charge on any atom is -0.119 e. The van der Waals surface area contributed by atoms with Crippen molar-refractivity contribution in [3.05, 3.63) is 0 Å². The molecular formula is C2H5N2O2+. The minimum atomic E-state index is 0.503. The first-order valence-corrected chi connectivity index (χ1v) is 1.68. The summed E-state index contributed by atoms with van der Waals surface area (Å²) in [5.74, 6) is 0. The molecule has 0 unspecified atom stereocenters. The molecule has 4 nitrogen and oxygen atoms in total. The Balaban J connectivity index is 2.37. The largest absolute Gasteiger partial charge is 0.253 e. The lowest BCUT2D eigenvalue weighted by Gasteiger charge is -1.70. The second-order valence-electron chi connectivity index (χ2n) is 0.999. The fourth-order valence-electron chi connectivity index (χ4n) is 0.258. The number of nitrogens with one attached hydrogen (secondary N) is 1. The first-order valence-electron chi connectivity index (χ1n) is 1.68. The Morgan fingerprint density at radius 3 is 2.67 bits per heavy atom. The standard InChI is InChI=1S/C2H5N2O2/c3-4-1-2-5-6-4/h3H,1-2H2/q+1. The van der Waals surface area contributed by atoms with Crippen LogP contribution in [-0.2, 0) is 9.88 Å². The summed E-state index contributed by atoms with van der Waals surface area (Å²) in [5.41, 5.74) is 6.62. The summed E-state index contributed by atoms with van der Waals surface area (Å²) in [6.45, 7) is 1.05. The van der Waals surface area contributed by atoms with Crippen molar-refractivity contribution >= 4 is 0 Å². The first kappa shape index (κ1) is 3.55. The number of hydrogen-bond donors (Lipinski definition) is 1. The Labute approximate surface area is 34.7 Å². The van der Waals surface area contributed by atoms with Crippen LogP contribution in [0, 0.1) is 5.53 Å². The van der Waals surface area contributed by atoms with E-state index >= 15 is 0 Å². The lowest BCUT2D eigenvalue weighted by molar-refractivity contribution is -0.887. The van der Waals surface area contributed by atoms with Gasteiger partial charge in [-0.05, 0) is 5.53 Å². The Morgan fingerprint density at radius 2 is 2.50 bits per heavy atom. The summed E-state index contributed by atoms with van der Waals surface area (Å²) in [6, 6.07) is 0. The van der Waals surface area contributed by atoms with E-state index in [4.69, 9.17) is 5.53 Å². The maximum atomic E-state index is 6.62. The van der Waals surface area contributed by atoms with Gasteiger partial charge in [-0.1, -0.05) is 4.99 Å². The van der Waals surface area contributed by atoms with E-state index in [1.54, 1.807) is 0 Å². The van der Waals surface area contributed by atoms with Crippen molar-refractivity contribution in [3.63, 3.8) is 0 Å². The molecule has 0 bridgehead atoms. The van der Waals surface area contributed by atoms with Crippen molar-refractivity contribution in [2.24, 2.45) is 0 Å². The molecular weight excluding hydrogens is 84.0 g/mol. The van der Waals surface area contributed by atoms with Crippen LogP contribution in [0.4, 0.5) is 0 Å². The van der Waals surface area contributed by atoms with Crippen LogP contribution in [0.25, 0.3) is 0 Å². The molecule has 0 aromatic heterocycles. The molecule has 1 aliphatic heterocycles. The molecule has 0 aliphatic carbocycles. The SMILES string of the molecule is N=[N+]1CCOO1. The van der Waals surface area contributed by atoms with Crippen molar-refractivity contribution in [2.45, 2.75) is 0 Å². The fraction of sp³-hybridized carbons (Fsp3) is 1.00. The van der Waals surface area contributed by atoms with Gasteiger partial charge in [-0.2, -0.15) is 0 Å². The predicted molar refractivity (Wildman–Crippen MR) is 14.9 cm³/mol. The van der Waals surface area contributed by atoms with Gasteiger partial charge in [0, 0.05) is 0 Å². The third kappa shape index (κ3) is 0.463. The van der Waals surface area contributed by atoms with Crippen LogP contribution in [0.15, 0.2) is 0 Å². The Bertz CT molecular complexity index is 63.9. The van der Waals surface area contributed by atoms with Crippen molar-refractivity contribution < 1.29 is 14.7 Å². The van der Waals surface area contributed by atoms with Crippen molar-refractivity contribution in [3.8, 4) is 0 Å². The molecule has 4 heteroatoms. The molecule has 0 aromatic rings. The normalized spacial score (nSPS) is 21.0. The summed E-state index contributed by atoms with van der Waals surface area (Å²) in [6.07, 6.45) is 0. The highest BCUT2D eigenvalue weighted by atomic mass is 17.3. The topological polar surface area (TPSA) is 45.3 Å². The third-order valence-corrected chi connectivity index (χ3v) is 0.520. The molecule has 6 heavy (non-hydrogen) atoms. The minimum absolute atomic E-state index is 0.503. The maximum absolute atomic E-state index is 6.62. The monoisotopic (exact) mass is 89.0 g/mol. The molecule has 0 aromatic carbocycles. The quantitative estimate of drug-likeness (QED) is 0.333. The van der Waals surface area contributed by atoms with Gasteiger partial charge >= 0.3 is 0 Å². The number of hydroxylamine groups is 1. The molecule has 0 radical (unpaired) electrons. The van der Waals surface area contributed by atoms with E-state index in [0.29, 0.717) is 13.2 Å². The summed E-state index contributed by atoms with van der Waals surface area (Å²) in [5, 5.41) is 0. The molecule has 0 saturated carbocycles. The molecule has 0 amide bonds. The Kier molecular flexibility index (Phi) is 0.719. The highest BCUT2D eigenvalue weighted by Gasteiger charge is 2.14. The van der Waals surface area contributed by atoms with Gasteiger partial charge in [-0.25, -0.2) is 0 Å². The van der Waals surface area contributed by atoms with Crippen molar-refractivity contribution in [2.75, 3.05) is 13.2 Å². The van der Waals surface area contributed by atoms with Crippen molar-refractivity contribution in [1.82, 2.24) is 0 Å². The fourth-order valence-corrected chi connectivity index (χ4v) is 0.258. The second kappa shape index (κ2) is 1.22. The molecule has 1 rings (SSSR count). The van der Waals surface area contributed by atoms with E-state index in [-0.39, 0.29) is 0 Å². The average molecular weight is 89.1 g/mol. The van der Waals surface area contributed by atoms with Crippen LogP contribution in [0.5, 0.6) is 0 Å². The molecule has 1 saturated heterocycles. The van der Waals surface area contributed by atoms with Gasteiger partial charge in [0.25, 0.3) is 6.54 Å². The number of hydrogen-bond acceptors (Lipinski definition) is 3. The van der Waals surface area contributed by atoms with E-state index < -0.39 is 0 Å². The smallest absolute Gasteiger partial charge is 0.119 e. The average Bonchev–Trinajstić information content (AvgIpc) is 1.86. The van der Waals surface area contributed by atoms with E-state index in [1.165, 1.54) is 0 Å². The second-order valence-corrected chi connectivity index (χ2v) is 0.999. The van der Waals surface area contributed by atoms with Crippen molar-refractivity contribution in [1.29, 1.82) is 5.53 Å². The van der Waals surface area contributed by atoms with Gasteiger partial charge in [0.1, 0.15) is 4.86 Å². The van der Waals surface area contributed by atoms with Crippen LogP contribution in [0.2, 0.25) is 0 Å². The summed E-state index contributed by atoms with van der Waals surface area (Å²) in [4.78, 5) is 9.34. The molecule has 34 valence electrons. The number of nitrogens with zero attached hydrogens (tertiary/aromatic N) is 1. The van der Waals surface area contributed by atoms with Gasteiger partial charge in [0.05, 0.1) is 0 Å². The molecule has 1 N–H and O–H groups in total. The zero-order valence-electron chi connectivity index (χ0n) is 3.18. The lowest BCUT2D eigenvalue weighted by atomic mass is 10.8. The van der Waals surface area contributed by atoms with Gasteiger partial charge in [-0.3, -0.25) is 0 Å². The molecule has 1 fully saturated rings. The first-order chi connectivity index (χ1) is 2.89. The zero-order valence-corrected chi connectivity index (χ0v) is 3.18. The van der Waals surface area contributed by atoms with Crippen LogP contribution in [0.1, 0.15) is 0 Å². The van der Waals surface area contributed by atoms with E-state index in [2.05, 4.69) is 9.88 Å². The maximum Gasteiger partial charge on any atom is 0.253 e. The molecule has 0 spiro atoms.